The van der Waals surface area contributed by atoms with E-state index in [0.717, 1.165) is 0 Å². The molecule has 0 aliphatic carbocycles. The van der Waals surface area contributed by atoms with Crippen LogP contribution in [0.15, 0.2) is 23.2 Å². The predicted octanol–water partition coefficient (Wildman–Crippen LogP) is -0.208. The molecule has 0 spiro atoms. The molecule has 1 saturated heterocycles. The first-order chi connectivity index (χ1) is 9.10. The molecule has 0 amide bonds. The van der Waals surface area contributed by atoms with Crippen molar-refractivity contribution in [3.05, 3.63) is 28.8 Å². The van der Waals surface area contributed by atoms with Crippen LogP contribution >= 0.6 is 0 Å². The number of nitrogens with two attached hydrogens (primary N) is 1. The van der Waals surface area contributed by atoms with Gasteiger partial charge >= 0.3 is 0 Å². The van der Waals surface area contributed by atoms with Gasteiger partial charge in [-0.15, -0.1) is 0 Å². The number of nitrogens with one attached hydrogen (secondary N) is 1. The third-order valence-electron chi connectivity index (χ3n) is 2.89. The Morgan fingerprint density at radius 2 is 2.47 bits per heavy atom. The summed E-state index contributed by atoms with van der Waals surface area (Å²) < 4.78 is 19.1. The summed E-state index contributed by atoms with van der Waals surface area (Å²) in [6, 6.07) is 0. The van der Waals surface area contributed by atoms with Crippen LogP contribution in [0.3, 0.4) is 0 Å². The summed E-state index contributed by atoms with van der Waals surface area (Å²) in [7, 11) is 0. The molecular formula is C10H10FN5O3. The molecule has 0 radical (unpaired) electrons. The summed E-state index contributed by atoms with van der Waals surface area (Å²) in [6.07, 6.45) is -0.0405. The molecule has 4 N–H and O–H groups in total. The molecule has 0 bridgehead atoms. The number of hydrogen-bond donors (Lipinski definition) is 3. The lowest BCUT2D eigenvalue weighted by molar-refractivity contribution is 0.0977. The molecule has 2 aromatic rings. The van der Waals surface area contributed by atoms with E-state index >= 15 is 0 Å². The Morgan fingerprint density at radius 3 is 3.16 bits per heavy atom. The Kier molecular flexibility index (Phi) is 2.49. The predicted molar refractivity (Wildman–Crippen MR) is 62.5 cm³/mol. The van der Waals surface area contributed by atoms with Gasteiger partial charge in [-0.3, -0.25) is 14.3 Å². The Balaban J connectivity index is 2.10. The third kappa shape index (κ3) is 1.74. The molecule has 1 aliphatic heterocycles. The van der Waals surface area contributed by atoms with Crippen molar-refractivity contribution >= 4 is 17.1 Å². The highest BCUT2D eigenvalue weighted by atomic mass is 19.1. The Hall–Kier alpha value is -2.42. The zero-order chi connectivity index (χ0) is 13.6. The fraction of sp³-hybridized carbons (Fsp3) is 0.300. The van der Waals surface area contributed by atoms with Gasteiger partial charge in [0.1, 0.15) is 18.8 Å². The lowest BCUT2D eigenvalue weighted by Crippen LogP contribution is -2.14. The smallest absolute Gasteiger partial charge is 0.280 e. The summed E-state index contributed by atoms with van der Waals surface area (Å²) in [4.78, 5) is 21.8. The number of aromatic amines is 1. The Bertz CT molecular complexity index is 722. The molecule has 2 atom stereocenters. The molecule has 8 nitrogen and oxygen atoms in total. The number of imidazole rings is 1. The molecule has 100 valence electrons. The van der Waals surface area contributed by atoms with E-state index in [1.165, 1.54) is 10.9 Å². The van der Waals surface area contributed by atoms with Crippen LogP contribution in [0.5, 0.6) is 0 Å². The lowest BCUT2D eigenvalue weighted by atomic mass is 10.2. The summed E-state index contributed by atoms with van der Waals surface area (Å²) in [6.45, 7) is 0. The first-order valence-corrected chi connectivity index (χ1v) is 5.47. The summed E-state index contributed by atoms with van der Waals surface area (Å²) in [5, 5.41) is 9.56. The van der Waals surface area contributed by atoms with Gasteiger partial charge in [0.05, 0.1) is 0 Å². The third-order valence-corrected chi connectivity index (χ3v) is 2.89. The van der Waals surface area contributed by atoms with Gasteiger partial charge in [-0.1, -0.05) is 0 Å². The number of nitrogen functional groups attached to an aromatic ring is 1. The highest BCUT2D eigenvalue weighted by molar-refractivity contribution is 5.70. The number of aliphatic hydroxyl groups excluding tert-OH is 1. The van der Waals surface area contributed by atoms with E-state index in [2.05, 4.69) is 15.0 Å². The van der Waals surface area contributed by atoms with Crippen molar-refractivity contribution in [2.45, 2.75) is 18.8 Å². The monoisotopic (exact) mass is 267 g/mol. The van der Waals surface area contributed by atoms with Crippen molar-refractivity contribution < 1.29 is 14.2 Å². The molecule has 0 aromatic carbocycles. The number of nitrogens with zero attached hydrogens (tertiary/aromatic N) is 3. The van der Waals surface area contributed by atoms with E-state index in [-0.39, 0.29) is 35.6 Å². The minimum atomic E-state index is -1.04. The van der Waals surface area contributed by atoms with Crippen molar-refractivity contribution in [1.82, 2.24) is 19.5 Å². The van der Waals surface area contributed by atoms with Gasteiger partial charge in [0, 0.05) is 6.42 Å². The van der Waals surface area contributed by atoms with E-state index in [1.807, 2.05) is 0 Å². The van der Waals surface area contributed by atoms with Crippen molar-refractivity contribution in [3.63, 3.8) is 0 Å². The van der Waals surface area contributed by atoms with Gasteiger partial charge in [0.15, 0.2) is 23.2 Å². The zero-order valence-electron chi connectivity index (χ0n) is 9.58. The minimum Gasteiger partial charge on any atom is -0.469 e. The molecule has 1 aliphatic rings. The first kappa shape index (κ1) is 11.7. The second-order valence-electron chi connectivity index (χ2n) is 4.11. The molecule has 19 heavy (non-hydrogen) atoms. The van der Waals surface area contributed by atoms with Crippen molar-refractivity contribution in [1.29, 1.82) is 0 Å². The highest BCUT2D eigenvalue weighted by Gasteiger charge is 2.32. The topological polar surface area (TPSA) is 119 Å². The molecular weight excluding hydrogens is 257 g/mol. The van der Waals surface area contributed by atoms with Crippen LogP contribution in [0.25, 0.3) is 11.2 Å². The number of fused-ring (bicyclic) bond motifs is 1. The summed E-state index contributed by atoms with van der Waals surface area (Å²) in [5.74, 6) is -0.219. The number of halogens is 1. The SMILES string of the molecule is Nc1nc2c(ncn2[C@H]2C[C@H](O)/C(=C\F)O2)c(=O)[nH]1. The summed E-state index contributed by atoms with van der Waals surface area (Å²) in [5.41, 5.74) is 5.31. The van der Waals surface area contributed by atoms with Crippen LogP contribution in [0.4, 0.5) is 10.3 Å². The molecule has 9 heteroatoms. The number of hydrogen-bond acceptors (Lipinski definition) is 6. The fourth-order valence-electron chi connectivity index (χ4n) is 2.01. The average molecular weight is 267 g/mol. The van der Waals surface area contributed by atoms with Crippen molar-refractivity contribution in [2.24, 2.45) is 0 Å². The molecule has 3 rings (SSSR count). The maximum Gasteiger partial charge on any atom is 0.280 e. The van der Waals surface area contributed by atoms with E-state index in [1.54, 1.807) is 0 Å². The van der Waals surface area contributed by atoms with Crippen LogP contribution in [0.1, 0.15) is 12.6 Å². The quantitative estimate of drug-likeness (QED) is 0.658. The van der Waals surface area contributed by atoms with Crippen LogP contribution in [-0.4, -0.2) is 30.7 Å². The maximum absolute atomic E-state index is 12.4. The Labute approximate surface area is 105 Å². The zero-order valence-corrected chi connectivity index (χ0v) is 9.58. The maximum atomic E-state index is 12.4. The van der Waals surface area contributed by atoms with Crippen LogP contribution in [0.2, 0.25) is 0 Å². The van der Waals surface area contributed by atoms with E-state index < -0.39 is 17.9 Å². The molecule has 0 saturated carbocycles. The second-order valence-corrected chi connectivity index (χ2v) is 4.11. The number of aliphatic hydroxyl groups is 1. The number of ether oxygens (including phenoxy) is 1. The van der Waals surface area contributed by atoms with E-state index in [4.69, 9.17) is 10.5 Å². The van der Waals surface area contributed by atoms with Crippen LogP contribution < -0.4 is 11.3 Å². The molecule has 3 heterocycles. The second kappa shape index (κ2) is 4.05. The van der Waals surface area contributed by atoms with Gasteiger partial charge < -0.3 is 15.6 Å². The fourth-order valence-corrected chi connectivity index (χ4v) is 2.01. The van der Waals surface area contributed by atoms with Crippen LogP contribution in [0, 0.1) is 0 Å². The summed E-state index contributed by atoms with van der Waals surface area (Å²) >= 11 is 0. The van der Waals surface area contributed by atoms with Crippen LogP contribution in [-0.2, 0) is 4.74 Å². The minimum absolute atomic E-state index is 0.0564. The van der Waals surface area contributed by atoms with Gasteiger partial charge in [0.2, 0.25) is 5.95 Å². The first-order valence-electron chi connectivity index (χ1n) is 5.47. The van der Waals surface area contributed by atoms with Crippen molar-refractivity contribution in [2.75, 3.05) is 5.73 Å². The van der Waals surface area contributed by atoms with E-state index in [0.29, 0.717) is 0 Å². The number of aromatic nitrogens is 4. The molecule has 1 fully saturated rings. The highest BCUT2D eigenvalue weighted by Crippen LogP contribution is 2.32. The van der Waals surface area contributed by atoms with Gasteiger partial charge in [-0.25, -0.2) is 9.37 Å². The van der Waals surface area contributed by atoms with Gasteiger partial charge in [-0.05, 0) is 0 Å². The number of rotatable bonds is 1. The molecule has 2 aromatic heterocycles. The van der Waals surface area contributed by atoms with Gasteiger partial charge in [0.25, 0.3) is 5.56 Å². The lowest BCUT2D eigenvalue weighted by Gasteiger charge is -2.11. The van der Waals surface area contributed by atoms with Gasteiger partial charge in [-0.2, -0.15) is 4.98 Å². The normalized spacial score (nSPS) is 25.1. The number of H-pyrrole nitrogens is 1. The largest absolute Gasteiger partial charge is 0.469 e. The number of anilines is 1. The average Bonchev–Trinajstić information content (AvgIpc) is 2.92. The van der Waals surface area contributed by atoms with E-state index in [9.17, 15) is 14.3 Å². The Morgan fingerprint density at radius 1 is 1.68 bits per heavy atom. The molecule has 0 unspecified atom stereocenters. The van der Waals surface area contributed by atoms with Crippen molar-refractivity contribution in [3.8, 4) is 0 Å². The standard InChI is InChI=1S/C10H10FN5O3/c11-2-5-4(17)1-6(19-5)16-3-13-7-8(16)14-10(12)15-9(7)18/h2-4,6,17H,1H2,(H3,12,14,15,18)/b5-2+/t4-,6+/m0/s1.